The van der Waals surface area contributed by atoms with E-state index in [2.05, 4.69) is 57.9 Å². The Bertz CT molecular complexity index is 929. The van der Waals surface area contributed by atoms with Gasteiger partial charge in [0.2, 0.25) is 5.76 Å². The number of carbonyl (C=O) groups excluding carboxylic acids is 1. The molecule has 2 aromatic heterocycles. The quantitative estimate of drug-likeness (QED) is 0.418. The summed E-state index contributed by atoms with van der Waals surface area (Å²) in [5, 5.41) is 9.40. The van der Waals surface area contributed by atoms with Gasteiger partial charge >= 0.3 is 5.97 Å². The van der Waals surface area contributed by atoms with Crippen LogP contribution in [0.1, 0.15) is 30.2 Å². The minimum Gasteiger partial charge on any atom is -0.463 e. The second-order valence-electron chi connectivity index (χ2n) is 6.13. The van der Waals surface area contributed by atoms with Crippen LogP contribution < -0.4 is 4.90 Å². The molecule has 0 saturated carbocycles. The van der Waals surface area contributed by atoms with Crippen molar-refractivity contribution < 1.29 is 13.9 Å². The maximum absolute atomic E-state index is 11.5. The van der Waals surface area contributed by atoms with Crippen molar-refractivity contribution in [2.75, 3.05) is 25.1 Å². The van der Waals surface area contributed by atoms with Crippen LogP contribution in [0.25, 0.3) is 11.4 Å². The van der Waals surface area contributed by atoms with Gasteiger partial charge in [0.05, 0.1) is 12.9 Å². The topological polar surface area (TPSA) is 73.4 Å². The summed E-state index contributed by atoms with van der Waals surface area (Å²) in [7, 11) is 3.27. The van der Waals surface area contributed by atoms with Crippen LogP contribution in [0.3, 0.4) is 0 Å². The lowest BCUT2D eigenvalue weighted by Gasteiger charge is -2.21. The molecule has 7 nitrogen and oxygen atoms in total. The minimum absolute atomic E-state index is 0.199. The maximum atomic E-state index is 11.5. The highest BCUT2D eigenvalue weighted by molar-refractivity contribution is 7.98. The van der Waals surface area contributed by atoms with Crippen molar-refractivity contribution >= 4 is 23.4 Å². The third-order valence-corrected chi connectivity index (χ3v) is 5.52. The first-order valence-corrected chi connectivity index (χ1v) is 10.1. The van der Waals surface area contributed by atoms with Crippen LogP contribution in [0.15, 0.2) is 46.0 Å². The number of esters is 1. The molecule has 0 atom stereocenters. The molecule has 0 aliphatic rings. The summed E-state index contributed by atoms with van der Waals surface area (Å²) >= 11 is 1.50. The fourth-order valence-corrected chi connectivity index (χ4v) is 3.71. The molecule has 3 rings (SSSR count). The highest BCUT2D eigenvalue weighted by atomic mass is 32.2. The van der Waals surface area contributed by atoms with E-state index in [1.165, 1.54) is 24.6 Å². The summed E-state index contributed by atoms with van der Waals surface area (Å²) in [5.74, 6) is 1.75. The summed E-state index contributed by atoms with van der Waals surface area (Å²) in [5.41, 5.74) is 2.22. The van der Waals surface area contributed by atoms with Crippen molar-refractivity contribution in [3.05, 3.63) is 47.9 Å². The van der Waals surface area contributed by atoms with Gasteiger partial charge in [-0.25, -0.2) is 4.79 Å². The van der Waals surface area contributed by atoms with E-state index >= 15 is 0 Å². The van der Waals surface area contributed by atoms with Crippen molar-refractivity contribution in [1.82, 2.24) is 14.8 Å². The Labute approximate surface area is 168 Å². The van der Waals surface area contributed by atoms with E-state index < -0.39 is 5.97 Å². The zero-order chi connectivity index (χ0) is 20.1. The summed E-state index contributed by atoms with van der Waals surface area (Å²) in [6, 6.07) is 11.7. The molecule has 148 valence electrons. The molecule has 8 heteroatoms. The largest absolute Gasteiger partial charge is 0.463 e. The van der Waals surface area contributed by atoms with Crippen LogP contribution in [0.5, 0.6) is 0 Å². The maximum Gasteiger partial charge on any atom is 0.373 e. The molecule has 0 N–H and O–H groups in total. The number of anilines is 1. The summed E-state index contributed by atoms with van der Waals surface area (Å²) in [4.78, 5) is 13.8. The van der Waals surface area contributed by atoms with E-state index in [1.54, 1.807) is 12.1 Å². The van der Waals surface area contributed by atoms with E-state index in [0.717, 1.165) is 29.6 Å². The van der Waals surface area contributed by atoms with Gasteiger partial charge in [-0.2, -0.15) is 0 Å². The van der Waals surface area contributed by atoms with Crippen LogP contribution in [0.4, 0.5) is 5.69 Å². The number of methoxy groups -OCH3 is 1. The van der Waals surface area contributed by atoms with Crippen LogP contribution in [-0.4, -0.2) is 40.9 Å². The zero-order valence-corrected chi connectivity index (χ0v) is 17.3. The summed E-state index contributed by atoms with van der Waals surface area (Å²) in [6.45, 7) is 6.25. The molecule has 3 aromatic rings. The highest BCUT2D eigenvalue weighted by Crippen LogP contribution is 2.27. The van der Waals surface area contributed by atoms with Crippen LogP contribution in [-0.2, 0) is 17.5 Å². The number of carbonyl (C=O) groups is 1. The summed E-state index contributed by atoms with van der Waals surface area (Å²) in [6.07, 6.45) is 0. The number of hydrogen-bond acceptors (Lipinski definition) is 7. The minimum atomic E-state index is -0.481. The van der Waals surface area contributed by atoms with Gasteiger partial charge < -0.3 is 18.6 Å². The molecule has 0 unspecified atom stereocenters. The van der Waals surface area contributed by atoms with Crippen LogP contribution in [0.2, 0.25) is 0 Å². The molecule has 0 aliphatic carbocycles. The van der Waals surface area contributed by atoms with E-state index in [1.807, 2.05) is 11.6 Å². The molecule has 0 bridgehead atoms. The number of furan rings is 1. The molecular weight excluding hydrogens is 376 g/mol. The van der Waals surface area contributed by atoms with E-state index in [0.29, 0.717) is 11.5 Å². The van der Waals surface area contributed by atoms with Gasteiger partial charge in [0, 0.05) is 31.4 Å². The first kappa shape index (κ1) is 20.0. The fourth-order valence-electron chi connectivity index (χ4n) is 2.90. The Morgan fingerprint density at radius 2 is 1.86 bits per heavy atom. The van der Waals surface area contributed by atoms with Crippen molar-refractivity contribution in [2.24, 2.45) is 7.05 Å². The second-order valence-corrected chi connectivity index (χ2v) is 7.07. The molecule has 1 aromatic carbocycles. The highest BCUT2D eigenvalue weighted by Gasteiger charge is 2.15. The molecule has 0 spiro atoms. The van der Waals surface area contributed by atoms with Crippen molar-refractivity contribution in [3.8, 4) is 11.4 Å². The van der Waals surface area contributed by atoms with Crippen molar-refractivity contribution in [1.29, 1.82) is 0 Å². The predicted octanol–water partition coefficient (Wildman–Crippen LogP) is 4.00. The first-order chi connectivity index (χ1) is 13.6. The number of ether oxygens (including phenoxy) is 1. The Kier molecular flexibility index (Phi) is 6.41. The second kappa shape index (κ2) is 8.97. The van der Waals surface area contributed by atoms with Crippen molar-refractivity contribution in [2.45, 2.75) is 24.8 Å². The number of rotatable bonds is 8. The smallest absolute Gasteiger partial charge is 0.373 e. The van der Waals surface area contributed by atoms with E-state index in [9.17, 15) is 4.79 Å². The average molecular weight is 401 g/mol. The van der Waals surface area contributed by atoms with Crippen molar-refractivity contribution in [3.63, 3.8) is 0 Å². The fraction of sp³-hybridized carbons (Fsp3) is 0.350. The Morgan fingerprint density at radius 3 is 2.50 bits per heavy atom. The Morgan fingerprint density at radius 1 is 1.14 bits per heavy atom. The third kappa shape index (κ3) is 4.22. The molecule has 0 saturated heterocycles. The predicted molar refractivity (Wildman–Crippen MR) is 110 cm³/mol. The van der Waals surface area contributed by atoms with E-state index in [4.69, 9.17) is 4.42 Å². The molecule has 28 heavy (non-hydrogen) atoms. The standard InChI is InChI=1S/C20H24N4O3S/c1-5-24(6-2)15-9-7-14(8-10-15)18-21-22-20(23(18)3)28-13-16-11-12-17(27-16)19(25)26-4/h7-12H,5-6,13H2,1-4H3. The average Bonchev–Trinajstić information content (AvgIpc) is 3.34. The van der Waals surface area contributed by atoms with Crippen LogP contribution >= 0.6 is 11.8 Å². The SMILES string of the molecule is CCN(CC)c1ccc(-c2nnc(SCc3ccc(C(=O)OC)o3)n2C)cc1. The lowest BCUT2D eigenvalue weighted by molar-refractivity contribution is 0.0563. The van der Waals surface area contributed by atoms with Crippen LogP contribution in [0, 0.1) is 0 Å². The number of benzene rings is 1. The molecular formula is C20H24N4O3S. The van der Waals surface area contributed by atoms with Gasteiger partial charge in [-0.05, 0) is 50.2 Å². The number of aromatic nitrogens is 3. The number of nitrogens with zero attached hydrogens (tertiary/aromatic N) is 4. The molecule has 2 heterocycles. The molecule has 0 radical (unpaired) electrons. The lowest BCUT2D eigenvalue weighted by Crippen LogP contribution is -2.21. The Balaban J connectivity index is 1.70. The number of hydrogen-bond donors (Lipinski definition) is 0. The first-order valence-electron chi connectivity index (χ1n) is 9.12. The monoisotopic (exact) mass is 400 g/mol. The molecule has 0 aliphatic heterocycles. The molecule has 0 amide bonds. The summed E-state index contributed by atoms with van der Waals surface area (Å²) < 4.78 is 12.1. The normalized spacial score (nSPS) is 10.9. The third-order valence-electron chi connectivity index (χ3n) is 4.48. The van der Waals surface area contributed by atoms with E-state index in [-0.39, 0.29) is 5.76 Å². The van der Waals surface area contributed by atoms with Gasteiger partial charge in [0.1, 0.15) is 5.76 Å². The zero-order valence-electron chi connectivity index (χ0n) is 16.5. The van der Waals surface area contributed by atoms with Gasteiger partial charge in [-0.1, -0.05) is 11.8 Å². The van der Waals surface area contributed by atoms with Gasteiger partial charge in [0.15, 0.2) is 11.0 Å². The van der Waals surface area contributed by atoms with Gasteiger partial charge in [0.25, 0.3) is 0 Å². The number of thioether (sulfide) groups is 1. The van der Waals surface area contributed by atoms with Gasteiger partial charge in [-0.15, -0.1) is 10.2 Å². The lowest BCUT2D eigenvalue weighted by atomic mass is 10.2. The Hall–Kier alpha value is -2.74. The molecule has 0 fully saturated rings. The van der Waals surface area contributed by atoms with Gasteiger partial charge in [-0.3, -0.25) is 0 Å².